The van der Waals surface area contributed by atoms with Crippen molar-refractivity contribution in [3.8, 4) is 5.69 Å². The van der Waals surface area contributed by atoms with Crippen molar-refractivity contribution in [1.82, 2.24) is 14.8 Å². The first-order valence-electron chi connectivity index (χ1n) is 11.0. The molecule has 1 atom stereocenters. The van der Waals surface area contributed by atoms with Gasteiger partial charge in [0.1, 0.15) is 5.76 Å². The van der Waals surface area contributed by atoms with Gasteiger partial charge in [-0.25, -0.2) is 13.6 Å². The Labute approximate surface area is 198 Å². The average molecular weight is 485 g/mol. The summed E-state index contributed by atoms with van der Waals surface area (Å²) < 4.78 is 30.2. The number of likely N-dealkylation sites (tertiary alicyclic amines) is 1. The van der Waals surface area contributed by atoms with Crippen LogP contribution in [0.1, 0.15) is 40.3 Å². The summed E-state index contributed by atoms with van der Waals surface area (Å²) in [6.07, 6.45) is 3.11. The van der Waals surface area contributed by atoms with Crippen molar-refractivity contribution in [3.63, 3.8) is 0 Å². The van der Waals surface area contributed by atoms with Crippen LogP contribution < -0.4 is 10.5 Å². The lowest BCUT2D eigenvalue weighted by molar-refractivity contribution is -0.125. The number of ketones is 1. The molecule has 10 heteroatoms. The second kappa shape index (κ2) is 9.57. The minimum Gasteiger partial charge on any atom is -0.467 e. The highest BCUT2D eigenvalue weighted by molar-refractivity contribution is 7.89. The highest BCUT2D eigenvalue weighted by atomic mass is 32.2. The Kier molecular flexibility index (Phi) is 6.74. The van der Waals surface area contributed by atoms with E-state index in [1.807, 2.05) is 29.4 Å². The number of aromatic nitrogens is 1. The van der Waals surface area contributed by atoms with Gasteiger partial charge in [0.15, 0.2) is 5.78 Å². The lowest BCUT2D eigenvalue weighted by Gasteiger charge is -2.22. The van der Waals surface area contributed by atoms with Crippen molar-refractivity contribution in [3.05, 3.63) is 71.4 Å². The van der Waals surface area contributed by atoms with E-state index in [0.29, 0.717) is 30.8 Å². The number of sulfonamides is 1. The SMILES string of the molecule is Cc1cc(C(=O)CN2CCCC2C(=O)NCc2ccco2)c(C)n1-c1ccc(S(N)(=O)=O)cc1. The molecule has 34 heavy (non-hydrogen) atoms. The molecule has 0 bridgehead atoms. The first kappa shape index (κ1) is 23.9. The summed E-state index contributed by atoms with van der Waals surface area (Å²) in [5, 5.41) is 8.08. The third-order valence-electron chi connectivity index (χ3n) is 6.18. The number of furan rings is 1. The van der Waals surface area contributed by atoms with Crippen molar-refractivity contribution in [2.45, 2.75) is 44.2 Å². The number of rotatable bonds is 8. The quantitative estimate of drug-likeness (QED) is 0.472. The number of carbonyl (C=O) groups excluding carboxylic acids is 2. The van der Waals surface area contributed by atoms with Crippen LogP contribution >= 0.6 is 0 Å². The number of hydrogen-bond acceptors (Lipinski definition) is 6. The number of nitrogens with two attached hydrogens (primary N) is 1. The third kappa shape index (κ3) is 4.98. The van der Waals surface area contributed by atoms with E-state index in [-0.39, 0.29) is 29.2 Å². The summed E-state index contributed by atoms with van der Waals surface area (Å²) >= 11 is 0. The molecule has 2 aromatic heterocycles. The van der Waals surface area contributed by atoms with Crippen molar-refractivity contribution in [1.29, 1.82) is 0 Å². The van der Waals surface area contributed by atoms with E-state index in [4.69, 9.17) is 9.56 Å². The predicted molar refractivity (Wildman–Crippen MR) is 126 cm³/mol. The fourth-order valence-electron chi connectivity index (χ4n) is 4.51. The van der Waals surface area contributed by atoms with Gasteiger partial charge < -0.3 is 14.3 Å². The summed E-state index contributed by atoms with van der Waals surface area (Å²) in [6.45, 7) is 4.88. The van der Waals surface area contributed by atoms with Crippen LogP contribution in [0.4, 0.5) is 0 Å². The molecule has 1 saturated heterocycles. The van der Waals surface area contributed by atoms with Crippen LogP contribution in [0.5, 0.6) is 0 Å². The summed E-state index contributed by atoms with van der Waals surface area (Å²) in [5.41, 5.74) is 2.91. The fraction of sp³-hybridized carbons (Fsp3) is 0.333. The van der Waals surface area contributed by atoms with Crippen molar-refractivity contribution in [2.24, 2.45) is 5.14 Å². The van der Waals surface area contributed by atoms with Gasteiger partial charge in [0.2, 0.25) is 15.9 Å². The highest BCUT2D eigenvalue weighted by Crippen LogP contribution is 2.24. The summed E-state index contributed by atoms with van der Waals surface area (Å²) in [5.74, 6) is 0.506. The van der Waals surface area contributed by atoms with Crippen LogP contribution in [0, 0.1) is 13.8 Å². The second-order valence-corrected chi connectivity index (χ2v) is 10.1. The molecule has 9 nitrogen and oxygen atoms in total. The molecule has 3 heterocycles. The predicted octanol–water partition coefficient (Wildman–Crippen LogP) is 2.30. The molecule has 0 spiro atoms. The Balaban J connectivity index is 1.47. The first-order chi connectivity index (χ1) is 16.1. The summed E-state index contributed by atoms with van der Waals surface area (Å²) in [7, 11) is -3.78. The van der Waals surface area contributed by atoms with Crippen LogP contribution in [0.2, 0.25) is 0 Å². The van der Waals surface area contributed by atoms with Gasteiger partial charge in [0, 0.05) is 22.6 Å². The molecule has 1 unspecified atom stereocenters. The third-order valence-corrected chi connectivity index (χ3v) is 7.11. The van der Waals surface area contributed by atoms with Gasteiger partial charge in [-0.05, 0) is 75.7 Å². The molecule has 1 aliphatic heterocycles. The van der Waals surface area contributed by atoms with E-state index in [1.165, 1.54) is 12.1 Å². The smallest absolute Gasteiger partial charge is 0.238 e. The molecule has 1 amide bonds. The van der Waals surface area contributed by atoms with Crippen LogP contribution in [0.3, 0.4) is 0 Å². The maximum Gasteiger partial charge on any atom is 0.238 e. The topological polar surface area (TPSA) is 128 Å². The molecule has 0 saturated carbocycles. The molecular formula is C24H28N4O5S. The number of amides is 1. The number of carbonyl (C=O) groups is 2. The maximum atomic E-state index is 13.2. The Bertz CT molecular complexity index is 1290. The van der Waals surface area contributed by atoms with Gasteiger partial charge >= 0.3 is 0 Å². The van der Waals surface area contributed by atoms with Crippen molar-refractivity contribution >= 4 is 21.7 Å². The molecule has 4 rings (SSSR count). The minimum atomic E-state index is -3.78. The van der Waals surface area contributed by atoms with Crippen LogP contribution in [0.25, 0.3) is 5.69 Å². The normalized spacial score (nSPS) is 16.6. The van der Waals surface area contributed by atoms with E-state index in [9.17, 15) is 18.0 Å². The van der Waals surface area contributed by atoms with Crippen LogP contribution in [-0.4, -0.2) is 48.7 Å². The van der Waals surface area contributed by atoms with Crippen LogP contribution in [-0.2, 0) is 21.4 Å². The van der Waals surface area contributed by atoms with E-state index in [2.05, 4.69) is 5.32 Å². The molecule has 180 valence electrons. The molecule has 1 fully saturated rings. The molecule has 0 aliphatic carbocycles. The second-order valence-electron chi connectivity index (χ2n) is 8.51. The first-order valence-corrected chi connectivity index (χ1v) is 12.6. The zero-order valence-corrected chi connectivity index (χ0v) is 20.0. The maximum absolute atomic E-state index is 13.2. The largest absolute Gasteiger partial charge is 0.467 e. The minimum absolute atomic E-state index is 0.0282. The van der Waals surface area contributed by atoms with E-state index in [1.54, 1.807) is 30.5 Å². The Morgan fingerprint density at radius 1 is 1.18 bits per heavy atom. The Hall–Kier alpha value is -3.21. The monoisotopic (exact) mass is 484 g/mol. The van der Waals surface area contributed by atoms with Gasteiger partial charge in [-0.3, -0.25) is 14.5 Å². The average Bonchev–Trinajstić information content (AvgIpc) is 3.53. The van der Waals surface area contributed by atoms with Crippen molar-refractivity contribution in [2.75, 3.05) is 13.1 Å². The molecule has 1 aromatic carbocycles. The number of aryl methyl sites for hydroxylation is 1. The number of hydrogen-bond donors (Lipinski definition) is 2. The lowest BCUT2D eigenvalue weighted by atomic mass is 10.1. The molecule has 0 radical (unpaired) electrons. The molecule has 1 aliphatic rings. The van der Waals surface area contributed by atoms with Gasteiger partial charge in [-0.15, -0.1) is 0 Å². The van der Waals surface area contributed by atoms with Crippen molar-refractivity contribution < 1.29 is 22.4 Å². The van der Waals surface area contributed by atoms with Crippen LogP contribution in [0.15, 0.2) is 58.0 Å². The van der Waals surface area contributed by atoms with E-state index >= 15 is 0 Å². The Morgan fingerprint density at radius 2 is 1.91 bits per heavy atom. The van der Waals surface area contributed by atoms with Gasteiger partial charge in [-0.1, -0.05) is 0 Å². The van der Waals surface area contributed by atoms with Gasteiger partial charge in [-0.2, -0.15) is 0 Å². The summed E-state index contributed by atoms with van der Waals surface area (Å²) in [6, 6.07) is 11.3. The van der Waals surface area contributed by atoms with E-state index < -0.39 is 10.0 Å². The zero-order valence-electron chi connectivity index (χ0n) is 19.2. The molecule has 3 aromatic rings. The fourth-order valence-corrected chi connectivity index (χ4v) is 5.03. The number of Topliss-reactive ketones (excluding diaryl/α,β-unsaturated/α-hetero) is 1. The van der Waals surface area contributed by atoms with Gasteiger partial charge in [0.25, 0.3) is 0 Å². The number of primary sulfonamides is 1. The lowest BCUT2D eigenvalue weighted by Crippen LogP contribution is -2.44. The number of nitrogens with zero attached hydrogens (tertiary/aromatic N) is 2. The van der Waals surface area contributed by atoms with E-state index in [0.717, 1.165) is 23.5 Å². The standard InChI is InChI=1S/C24H28N4O5S/c1-16-13-21(17(2)28(16)18-7-9-20(10-8-18)34(25,31)32)23(29)15-27-11-3-6-22(27)24(30)26-14-19-5-4-12-33-19/h4-5,7-10,12-13,22H,3,6,11,14-15H2,1-2H3,(H,26,30)(H2,25,31,32). The molecule has 3 N–H and O–H groups in total. The molecular weight excluding hydrogens is 456 g/mol. The summed E-state index contributed by atoms with van der Waals surface area (Å²) in [4.78, 5) is 27.9. The zero-order chi connectivity index (χ0) is 24.5. The number of nitrogens with one attached hydrogen (secondary N) is 1. The van der Waals surface area contributed by atoms with Gasteiger partial charge in [0.05, 0.1) is 30.3 Å². The highest BCUT2D eigenvalue weighted by Gasteiger charge is 2.32. The number of benzene rings is 1. The Morgan fingerprint density at radius 3 is 2.56 bits per heavy atom.